The number of imidazole rings is 1. The van der Waals surface area contributed by atoms with Crippen LogP contribution >= 0.6 is 11.3 Å². The Balaban J connectivity index is 1.22. The van der Waals surface area contributed by atoms with E-state index in [-0.39, 0.29) is 23.9 Å². The van der Waals surface area contributed by atoms with Gasteiger partial charge in [0.25, 0.3) is 0 Å². The van der Waals surface area contributed by atoms with E-state index in [1.807, 2.05) is 32.9 Å². The van der Waals surface area contributed by atoms with Crippen LogP contribution in [0.15, 0.2) is 28.6 Å². The molecule has 0 bridgehead atoms. The highest BCUT2D eigenvalue weighted by atomic mass is 32.1. The van der Waals surface area contributed by atoms with E-state index in [1.165, 1.54) is 11.3 Å². The fourth-order valence-electron chi connectivity index (χ4n) is 5.07. The Bertz CT molecular complexity index is 1330. The highest BCUT2D eigenvalue weighted by Gasteiger charge is 2.34. The third kappa shape index (κ3) is 5.48. The van der Waals surface area contributed by atoms with E-state index in [9.17, 15) is 14.4 Å². The third-order valence-electron chi connectivity index (χ3n) is 6.72. The SMILES string of the molecule is CC(C)(C)OC(=O)N[C@H]1CCC[C@@H](OC(=O)N2CCC(n3c(=O)[nH]c4ncccc43)CC2)c2ncsc21. The average Bonchev–Trinajstić information content (AvgIpc) is 3.42. The van der Waals surface area contributed by atoms with Gasteiger partial charge in [-0.15, -0.1) is 11.3 Å². The van der Waals surface area contributed by atoms with Crippen LogP contribution in [0, 0.1) is 0 Å². The molecule has 1 aliphatic heterocycles. The zero-order valence-corrected chi connectivity index (χ0v) is 22.0. The highest BCUT2D eigenvalue weighted by Crippen LogP contribution is 2.38. The van der Waals surface area contributed by atoms with Gasteiger partial charge in [-0.2, -0.15) is 0 Å². The van der Waals surface area contributed by atoms with Gasteiger partial charge in [-0.05, 0) is 65.0 Å². The number of amides is 2. The zero-order valence-electron chi connectivity index (χ0n) is 21.2. The molecule has 0 aromatic carbocycles. The molecule has 4 heterocycles. The van der Waals surface area contributed by atoms with Crippen molar-refractivity contribution in [1.82, 2.24) is 29.7 Å². The lowest BCUT2D eigenvalue weighted by molar-refractivity contribution is 0.0478. The molecule has 3 aromatic heterocycles. The number of piperidine rings is 1. The van der Waals surface area contributed by atoms with Crippen LogP contribution in [-0.4, -0.2) is 55.3 Å². The summed E-state index contributed by atoms with van der Waals surface area (Å²) >= 11 is 1.45. The second-order valence-electron chi connectivity index (χ2n) is 10.5. The van der Waals surface area contributed by atoms with Gasteiger partial charge in [0.05, 0.1) is 27.6 Å². The van der Waals surface area contributed by atoms with Gasteiger partial charge in [-0.3, -0.25) is 9.55 Å². The molecule has 1 aliphatic carbocycles. The van der Waals surface area contributed by atoms with E-state index in [2.05, 4.69) is 20.3 Å². The molecule has 0 unspecified atom stereocenters. The molecule has 1 saturated heterocycles. The summed E-state index contributed by atoms with van der Waals surface area (Å²) in [6, 6.07) is 3.44. The highest BCUT2D eigenvalue weighted by molar-refractivity contribution is 7.09. The maximum Gasteiger partial charge on any atom is 0.410 e. The lowest BCUT2D eigenvalue weighted by atomic mass is 10.1. The molecule has 1 fully saturated rings. The number of pyridine rings is 1. The Labute approximate surface area is 218 Å². The number of H-pyrrole nitrogens is 1. The fourth-order valence-corrected chi connectivity index (χ4v) is 5.99. The summed E-state index contributed by atoms with van der Waals surface area (Å²) in [5, 5.41) is 2.95. The number of rotatable bonds is 3. The second kappa shape index (κ2) is 10.2. The maximum absolute atomic E-state index is 13.1. The quantitative estimate of drug-likeness (QED) is 0.480. The lowest BCUT2D eigenvalue weighted by Gasteiger charge is -2.32. The van der Waals surface area contributed by atoms with Gasteiger partial charge in [-0.1, -0.05) is 0 Å². The van der Waals surface area contributed by atoms with Gasteiger partial charge >= 0.3 is 17.9 Å². The van der Waals surface area contributed by atoms with E-state index in [4.69, 9.17) is 9.47 Å². The number of carbonyl (C=O) groups is 2. The Morgan fingerprint density at radius 3 is 2.70 bits per heavy atom. The van der Waals surface area contributed by atoms with Crippen molar-refractivity contribution in [3.8, 4) is 0 Å². The first-order valence-corrected chi connectivity index (χ1v) is 13.5. The maximum atomic E-state index is 13.1. The number of alkyl carbamates (subject to hydrolysis) is 1. The van der Waals surface area contributed by atoms with Crippen molar-refractivity contribution < 1.29 is 19.1 Å². The molecule has 37 heavy (non-hydrogen) atoms. The van der Waals surface area contributed by atoms with E-state index < -0.39 is 17.8 Å². The predicted molar refractivity (Wildman–Crippen MR) is 137 cm³/mol. The zero-order chi connectivity index (χ0) is 26.2. The second-order valence-corrected chi connectivity index (χ2v) is 11.4. The van der Waals surface area contributed by atoms with Crippen LogP contribution < -0.4 is 11.0 Å². The Morgan fingerprint density at radius 2 is 1.95 bits per heavy atom. The molecule has 2 N–H and O–H groups in total. The molecule has 12 heteroatoms. The van der Waals surface area contributed by atoms with Crippen LogP contribution in [0.25, 0.3) is 11.2 Å². The summed E-state index contributed by atoms with van der Waals surface area (Å²) in [5.74, 6) is 0. The minimum Gasteiger partial charge on any atom is -0.444 e. The molecule has 0 radical (unpaired) electrons. The standard InChI is InChI=1S/C25H32N6O5S/c1-25(2,3)36-23(33)28-16-6-4-8-18(19-20(16)37-14-27-19)35-24(34)30-12-9-15(10-13-30)31-17-7-5-11-26-21(17)29-22(31)32/h5,7,11,14-16,18H,4,6,8-10,12-13H2,1-3H3,(H,28,33)(H,26,29,32)/t16-,18+/m0/s1. The molecule has 198 valence electrons. The Hall–Kier alpha value is -3.41. The average molecular weight is 529 g/mol. The molecule has 3 aromatic rings. The molecule has 11 nitrogen and oxygen atoms in total. The number of aromatic nitrogens is 4. The Kier molecular flexibility index (Phi) is 6.93. The number of nitrogens with one attached hydrogen (secondary N) is 2. The summed E-state index contributed by atoms with van der Waals surface area (Å²) in [5.41, 5.74) is 3.00. The minimum atomic E-state index is -0.588. The van der Waals surface area contributed by atoms with Crippen LogP contribution in [0.4, 0.5) is 9.59 Å². The van der Waals surface area contributed by atoms with Crippen molar-refractivity contribution >= 4 is 34.7 Å². The van der Waals surface area contributed by atoms with E-state index >= 15 is 0 Å². The van der Waals surface area contributed by atoms with Crippen molar-refractivity contribution in [2.75, 3.05) is 13.1 Å². The van der Waals surface area contributed by atoms with E-state index in [0.717, 1.165) is 16.8 Å². The molecule has 5 rings (SSSR count). The number of fused-ring (bicyclic) bond motifs is 2. The first-order chi connectivity index (χ1) is 17.7. The van der Waals surface area contributed by atoms with Gasteiger partial charge in [0.15, 0.2) is 5.65 Å². The van der Waals surface area contributed by atoms with Gasteiger partial charge in [0.1, 0.15) is 11.7 Å². The summed E-state index contributed by atoms with van der Waals surface area (Å²) in [6.07, 6.45) is 3.72. The van der Waals surface area contributed by atoms with Gasteiger partial charge < -0.3 is 19.7 Å². The number of carbonyl (C=O) groups excluding carboxylic acids is 2. The van der Waals surface area contributed by atoms with Crippen molar-refractivity contribution in [3.63, 3.8) is 0 Å². The number of hydrogen-bond donors (Lipinski definition) is 2. The van der Waals surface area contributed by atoms with Crippen molar-refractivity contribution in [2.24, 2.45) is 0 Å². The summed E-state index contributed by atoms with van der Waals surface area (Å²) in [7, 11) is 0. The van der Waals surface area contributed by atoms with E-state index in [0.29, 0.717) is 50.1 Å². The van der Waals surface area contributed by atoms with Gasteiger partial charge in [0, 0.05) is 25.3 Å². The molecule has 2 amide bonds. The normalized spacial score (nSPS) is 20.8. The first kappa shape index (κ1) is 25.2. The molecule has 2 atom stereocenters. The molecule has 2 aliphatic rings. The van der Waals surface area contributed by atoms with Crippen LogP contribution in [-0.2, 0) is 9.47 Å². The molecule has 0 spiro atoms. The third-order valence-corrected chi connectivity index (χ3v) is 7.67. The van der Waals surface area contributed by atoms with Gasteiger partial charge in [-0.25, -0.2) is 24.4 Å². The predicted octanol–water partition coefficient (Wildman–Crippen LogP) is 4.45. The monoisotopic (exact) mass is 528 g/mol. The first-order valence-electron chi connectivity index (χ1n) is 12.6. The number of ether oxygens (including phenoxy) is 2. The van der Waals surface area contributed by atoms with Crippen LogP contribution in [0.5, 0.6) is 0 Å². The molecular weight excluding hydrogens is 496 g/mol. The van der Waals surface area contributed by atoms with Crippen molar-refractivity contribution in [1.29, 1.82) is 0 Å². The number of nitrogens with zero attached hydrogens (tertiary/aromatic N) is 4. The van der Waals surface area contributed by atoms with Crippen LogP contribution in [0.1, 0.15) is 81.6 Å². The number of thiazole rings is 1. The summed E-state index contributed by atoms with van der Waals surface area (Å²) in [4.78, 5) is 52.1. The van der Waals surface area contributed by atoms with Crippen molar-refractivity contribution in [2.45, 2.75) is 76.7 Å². The molecular formula is C25H32N6O5S. The topological polar surface area (TPSA) is 131 Å². The summed E-state index contributed by atoms with van der Waals surface area (Å²) < 4.78 is 13.1. The lowest BCUT2D eigenvalue weighted by Crippen LogP contribution is -2.41. The molecule has 0 saturated carbocycles. The summed E-state index contributed by atoms with van der Waals surface area (Å²) in [6.45, 7) is 6.45. The van der Waals surface area contributed by atoms with Crippen LogP contribution in [0.2, 0.25) is 0 Å². The number of aromatic amines is 1. The fraction of sp³-hybridized carbons (Fsp3) is 0.560. The largest absolute Gasteiger partial charge is 0.444 e. The van der Waals surface area contributed by atoms with Gasteiger partial charge in [0.2, 0.25) is 0 Å². The minimum absolute atomic E-state index is 0.0165. The van der Waals surface area contributed by atoms with Crippen molar-refractivity contribution in [3.05, 3.63) is 44.9 Å². The smallest absolute Gasteiger partial charge is 0.410 e. The Morgan fingerprint density at radius 1 is 1.16 bits per heavy atom. The van der Waals surface area contributed by atoms with Crippen LogP contribution in [0.3, 0.4) is 0 Å². The number of likely N-dealkylation sites (tertiary alicyclic amines) is 1. The van der Waals surface area contributed by atoms with E-state index in [1.54, 1.807) is 21.2 Å². The number of hydrogen-bond acceptors (Lipinski definition) is 8.